The molecule has 0 saturated carbocycles. The highest BCUT2D eigenvalue weighted by Crippen LogP contribution is 2.27. The molecule has 0 spiro atoms. The molecule has 0 heterocycles. The maximum absolute atomic E-state index is 11.2. The molecule has 5 nitrogen and oxygen atoms in total. The molecule has 128 valence electrons. The number of halogens is 1. The van der Waals surface area contributed by atoms with Crippen molar-refractivity contribution in [1.82, 2.24) is 0 Å². The first kappa shape index (κ1) is 17.9. The number of hydrogen-bond donors (Lipinski definition) is 1. The lowest BCUT2D eigenvalue weighted by Crippen LogP contribution is -2.11. The van der Waals surface area contributed by atoms with Gasteiger partial charge in [-0.2, -0.15) is 0 Å². The van der Waals surface area contributed by atoms with E-state index in [0.29, 0.717) is 11.5 Å². The minimum Gasteiger partial charge on any atom is -0.497 e. The number of benzene rings is 2. The minimum atomic E-state index is -1.06. The number of methoxy groups -OCH3 is 1. The number of carboxylic acid groups (broad SMARTS) is 1. The van der Waals surface area contributed by atoms with Crippen LogP contribution in [0.2, 0.25) is 5.02 Å². The Morgan fingerprint density at radius 1 is 1.04 bits per heavy atom. The zero-order chi connectivity index (χ0) is 17.7. The van der Waals surface area contributed by atoms with E-state index in [-0.39, 0.29) is 24.5 Å². The lowest BCUT2D eigenvalue weighted by Gasteiger charge is -2.13. The predicted octanol–water partition coefficient (Wildman–Crippen LogP) is 4.12. The Morgan fingerprint density at radius 3 is 2.25 bits per heavy atom. The van der Waals surface area contributed by atoms with Crippen molar-refractivity contribution in [2.75, 3.05) is 20.3 Å². The summed E-state index contributed by atoms with van der Waals surface area (Å²) in [5.41, 5.74) is 1.95. The summed E-state index contributed by atoms with van der Waals surface area (Å²) in [4.78, 5) is 11.2. The third-order valence-corrected chi connectivity index (χ3v) is 4.03. The Balaban J connectivity index is 1.98. The first-order chi connectivity index (χ1) is 11.4. The smallest absolute Gasteiger partial charge is 0.339 e. The van der Waals surface area contributed by atoms with Crippen LogP contribution in [-0.4, -0.2) is 31.4 Å². The van der Waals surface area contributed by atoms with Crippen molar-refractivity contribution in [1.29, 1.82) is 0 Å². The molecule has 0 atom stereocenters. The standard InChI is InChI=1S/C18H19ClO5/c1-11-8-14(9-12(2)17(11)19)23-6-7-24-16-10-13(22-3)4-5-15(16)18(20)21/h4-5,8-10H,6-7H2,1-3H3,(H,20,21). The molecule has 2 aromatic carbocycles. The molecule has 6 heteroatoms. The number of aryl methyl sites for hydroxylation is 2. The Hall–Kier alpha value is -2.40. The predicted molar refractivity (Wildman–Crippen MR) is 91.9 cm³/mol. The van der Waals surface area contributed by atoms with E-state index < -0.39 is 5.97 Å². The number of carboxylic acids is 1. The third-order valence-electron chi connectivity index (χ3n) is 3.44. The van der Waals surface area contributed by atoms with Crippen LogP contribution in [0.1, 0.15) is 21.5 Å². The maximum atomic E-state index is 11.2. The average Bonchev–Trinajstić information content (AvgIpc) is 2.56. The maximum Gasteiger partial charge on any atom is 0.339 e. The van der Waals surface area contributed by atoms with E-state index >= 15 is 0 Å². The first-order valence-corrected chi connectivity index (χ1v) is 7.74. The van der Waals surface area contributed by atoms with Crippen molar-refractivity contribution in [3.05, 3.63) is 52.0 Å². The Bertz CT molecular complexity index is 719. The molecular formula is C18H19ClO5. The van der Waals surface area contributed by atoms with Crippen LogP contribution in [-0.2, 0) is 0 Å². The zero-order valence-corrected chi connectivity index (χ0v) is 14.5. The van der Waals surface area contributed by atoms with Crippen LogP contribution in [0.5, 0.6) is 17.2 Å². The fourth-order valence-electron chi connectivity index (χ4n) is 2.23. The minimum absolute atomic E-state index is 0.0778. The zero-order valence-electron chi connectivity index (χ0n) is 13.8. The SMILES string of the molecule is COc1ccc(C(=O)O)c(OCCOc2cc(C)c(Cl)c(C)c2)c1. The largest absolute Gasteiger partial charge is 0.497 e. The highest BCUT2D eigenvalue weighted by Gasteiger charge is 2.12. The van der Waals surface area contributed by atoms with E-state index in [2.05, 4.69) is 0 Å². The van der Waals surface area contributed by atoms with Crippen molar-refractivity contribution < 1.29 is 24.1 Å². The van der Waals surface area contributed by atoms with Gasteiger partial charge in [0.1, 0.15) is 36.0 Å². The van der Waals surface area contributed by atoms with Gasteiger partial charge in [0.05, 0.1) is 7.11 Å². The van der Waals surface area contributed by atoms with Crippen LogP contribution in [0.3, 0.4) is 0 Å². The summed E-state index contributed by atoms with van der Waals surface area (Å²) in [7, 11) is 1.51. The van der Waals surface area contributed by atoms with Crippen LogP contribution >= 0.6 is 11.6 Å². The molecule has 0 unspecified atom stereocenters. The highest BCUT2D eigenvalue weighted by atomic mass is 35.5. The fraction of sp³-hybridized carbons (Fsp3) is 0.278. The van der Waals surface area contributed by atoms with E-state index in [9.17, 15) is 9.90 Å². The van der Waals surface area contributed by atoms with Crippen LogP contribution in [0.15, 0.2) is 30.3 Å². The lowest BCUT2D eigenvalue weighted by atomic mass is 10.1. The van der Waals surface area contributed by atoms with Gasteiger partial charge in [0.25, 0.3) is 0 Å². The summed E-state index contributed by atoms with van der Waals surface area (Å²) >= 11 is 6.12. The summed E-state index contributed by atoms with van der Waals surface area (Å²) < 4.78 is 16.3. The molecular weight excluding hydrogens is 332 g/mol. The molecule has 0 aliphatic carbocycles. The van der Waals surface area contributed by atoms with Gasteiger partial charge in [-0.1, -0.05) is 11.6 Å². The molecule has 0 aliphatic rings. The second-order valence-electron chi connectivity index (χ2n) is 5.24. The monoisotopic (exact) mass is 350 g/mol. The van der Waals surface area contributed by atoms with Crippen molar-refractivity contribution >= 4 is 17.6 Å². The van der Waals surface area contributed by atoms with E-state index in [1.807, 2.05) is 26.0 Å². The van der Waals surface area contributed by atoms with Gasteiger partial charge in [-0.3, -0.25) is 0 Å². The third kappa shape index (κ3) is 4.32. The van der Waals surface area contributed by atoms with Crippen LogP contribution in [0.25, 0.3) is 0 Å². The van der Waals surface area contributed by atoms with Crippen LogP contribution in [0, 0.1) is 13.8 Å². The molecule has 0 saturated heterocycles. The molecule has 0 aromatic heterocycles. The number of aromatic carboxylic acids is 1. The van der Waals surface area contributed by atoms with Crippen molar-refractivity contribution in [3.63, 3.8) is 0 Å². The van der Waals surface area contributed by atoms with Gasteiger partial charge in [0.15, 0.2) is 0 Å². The fourth-order valence-corrected chi connectivity index (χ4v) is 2.34. The molecule has 2 rings (SSSR count). The van der Waals surface area contributed by atoms with Crippen LogP contribution in [0.4, 0.5) is 0 Å². The molecule has 2 aromatic rings. The topological polar surface area (TPSA) is 65.0 Å². The van der Waals surface area contributed by atoms with E-state index in [0.717, 1.165) is 16.1 Å². The quantitative estimate of drug-likeness (QED) is 0.761. The second-order valence-corrected chi connectivity index (χ2v) is 5.61. The van der Waals surface area contributed by atoms with Crippen molar-refractivity contribution in [2.45, 2.75) is 13.8 Å². The molecule has 0 amide bonds. The summed E-state index contributed by atoms with van der Waals surface area (Å²) in [6.45, 7) is 4.30. The van der Waals surface area contributed by atoms with Gasteiger partial charge < -0.3 is 19.3 Å². The van der Waals surface area contributed by atoms with E-state index in [1.165, 1.54) is 13.2 Å². The molecule has 0 fully saturated rings. The van der Waals surface area contributed by atoms with Crippen molar-refractivity contribution in [2.24, 2.45) is 0 Å². The lowest BCUT2D eigenvalue weighted by molar-refractivity contribution is 0.0691. The van der Waals surface area contributed by atoms with E-state index in [1.54, 1.807) is 12.1 Å². The second kappa shape index (κ2) is 7.93. The van der Waals surface area contributed by atoms with Crippen LogP contribution < -0.4 is 14.2 Å². The molecule has 24 heavy (non-hydrogen) atoms. The number of hydrogen-bond acceptors (Lipinski definition) is 4. The summed E-state index contributed by atoms with van der Waals surface area (Å²) in [5.74, 6) is 0.411. The number of ether oxygens (including phenoxy) is 3. The van der Waals surface area contributed by atoms with Gasteiger partial charge in [-0.25, -0.2) is 4.79 Å². The summed E-state index contributed by atoms with van der Waals surface area (Å²) in [6, 6.07) is 8.27. The normalized spacial score (nSPS) is 10.3. The molecule has 0 aliphatic heterocycles. The molecule has 0 bridgehead atoms. The summed E-state index contributed by atoms with van der Waals surface area (Å²) in [6.07, 6.45) is 0. The summed E-state index contributed by atoms with van der Waals surface area (Å²) in [5, 5.41) is 9.91. The number of carbonyl (C=O) groups is 1. The Kier molecular flexibility index (Phi) is 5.93. The van der Waals surface area contributed by atoms with Crippen molar-refractivity contribution in [3.8, 4) is 17.2 Å². The van der Waals surface area contributed by atoms with Gasteiger partial charge in [-0.15, -0.1) is 0 Å². The Morgan fingerprint density at radius 2 is 1.67 bits per heavy atom. The van der Waals surface area contributed by atoms with E-state index in [4.69, 9.17) is 25.8 Å². The average molecular weight is 351 g/mol. The van der Waals surface area contributed by atoms with Gasteiger partial charge in [0.2, 0.25) is 0 Å². The van der Waals surface area contributed by atoms with Gasteiger partial charge in [0, 0.05) is 11.1 Å². The number of rotatable bonds is 7. The first-order valence-electron chi connectivity index (χ1n) is 7.36. The van der Waals surface area contributed by atoms with Gasteiger partial charge >= 0.3 is 5.97 Å². The Labute approximate surface area is 145 Å². The molecule has 1 N–H and O–H groups in total. The molecule has 0 radical (unpaired) electrons. The van der Waals surface area contributed by atoms with Gasteiger partial charge in [-0.05, 0) is 49.2 Å². The highest BCUT2D eigenvalue weighted by molar-refractivity contribution is 6.32.